The van der Waals surface area contributed by atoms with E-state index in [4.69, 9.17) is 27.9 Å². The number of urea groups is 1. The smallest absolute Gasteiger partial charge is 0.338 e. The highest BCUT2D eigenvalue weighted by Crippen LogP contribution is 2.23. The van der Waals surface area contributed by atoms with E-state index >= 15 is 0 Å². The molecule has 0 unspecified atom stereocenters. The van der Waals surface area contributed by atoms with E-state index in [9.17, 15) is 14.4 Å². The van der Waals surface area contributed by atoms with Crippen LogP contribution in [0.2, 0.25) is 10.0 Å². The number of carbonyl (C=O) groups excluding carboxylic acids is 3. The first kappa shape index (κ1) is 18.3. The van der Waals surface area contributed by atoms with E-state index in [1.807, 2.05) is 0 Å². The van der Waals surface area contributed by atoms with Gasteiger partial charge in [-0.3, -0.25) is 10.1 Å². The van der Waals surface area contributed by atoms with Crippen molar-refractivity contribution in [2.45, 2.75) is 32.9 Å². The van der Waals surface area contributed by atoms with Gasteiger partial charge < -0.3 is 10.1 Å². The van der Waals surface area contributed by atoms with Crippen LogP contribution in [-0.2, 0) is 9.53 Å². The van der Waals surface area contributed by atoms with Gasteiger partial charge in [0.15, 0.2) is 6.10 Å². The van der Waals surface area contributed by atoms with Gasteiger partial charge in [-0.25, -0.2) is 9.59 Å². The molecule has 1 atom stereocenters. The average Bonchev–Trinajstić information content (AvgIpc) is 2.40. The maximum Gasteiger partial charge on any atom is 0.338 e. The molecule has 6 nitrogen and oxygen atoms in total. The van der Waals surface area contributed by atoms with Gasteiger partial charge in [-0.2, -0.15) is 0 Å². The zero-order valence-corrected chi connectivity index (χ0v) is 13.8. The van der Waals surface area contributed by atoms with Gasteiger partial charge in [0.05, 0.1) is 15.6 Å². The Morgan fingerprint density at radius 3 is 2.27 bits per heavy atom. The molecule has 0 aliphatic carbocycles. The van der Waals surface area contributed by atoms with Gasteiger partial charge in [0.25, 0.3) is 5.91 Å². The minimum absolute atomic E-state index is 0.123. The summed E-state index contributed by atoms with van der Waals surface area (Å²) in [7, 11) is 0. The van der Waals surface area contributed by atoms with Crippen molar-refractivity contribution in [2.75, 3.05) is 0 Å². The molecule has 1 aromatic rings. The number of hydrogen-bond acceptors (Lipinski definition) is 4. The summed E-state index contributed by atoms with van der Waals surface area (Å²) in [5.74, 6) is -1.47. The van der Waals surface area contributed by atoms with Gasteiger partial charge in [0.2, 0.25) is 0 Å². The van der Waals surface area contributed by atoms with Crippen molar-refractivity contribution in [3.8, 4) is 0 Å². The largest absolute Gasteiger partial charge is 0.449 e. The van der Waals surface area contributed by atoms with Crippen molar-refractivity contribution in [2.24, 2.45) is 0 Å². The molecule has 0 aromatic heterocycles. The molecule has 120 valence electrons. The monoisotopic (exact) mass is 346 g/mol. The van der Waals surface area contributed by atoms with Crippen LogP contribution < -0.4 is 10.6 Å². The topological polar surface area (TPSA) is 84.5 Å². The normalized spacial score (nSPS) is 11.7. The third kappa shape index (κ3) is 5.54. The van der Waals surface area contributed by atoms with Crippen LogP contribution in [0.5, 0.6) is 0 Å². The van der Waals surface area contributed by atoms with Gasteiger partial charge in [-0.1, -0.05) is 23.2 Å². The third-order valence-corrected chi connectivity index (χ3v) is 3.20. The summed E-state index contributed by atoms with van der Waals surface area (Å²) >= 11 is 11.5. The van der Waals surface area contributed by atoms with Crippen LogP contribution in [0.25, 0.3) is 0 Å². The number of halogens is 2. The lowest BCUT2D eigenvalue weighted by molar-refractivity contribution is -0.127. The predicted octanol–water partition coefficient (Wildman–Crippen LogP) is 2.77. The van der Waals surface area contributed by atoms with Crippen molar-refractivity contribution >= 4 is 41.1 Å². The lowest BCUT2D eigenvalue weighted by Crippen LogP contribution is -2.46. The van der Waals surface area contributed by atoms with E-state index in [-0.39, 0.29) is 16.6 Å². The second-order valence-electron chi connectivity index (χ2n) is 4.79. The van der Waals surface area contributed by atoms with E-state index in [1.54, 1.807) is 13.8 Å². The molecular formula is C14H16Cl2N2O4. The molecule has 1 rings (SSSR count). The molecule has 1 aromatic carbocycles. The van der Waals surface area contributed by atoms with Crippen LogP contribution >= 0.6 is 23.2 Å². The highest BCUT2D eigenvalue weighted by Gasteiger charge is 2.21. The Morgan fingerprint density at radius 2 is 1.73 bits per heavy atom. The van der Waals surface area contributed by atoms with Gasteiger partial charge in [-0.15, -0.1) is 0 Å². The van der Waals surface area contributed by atoms with Crippen molar-refractivity contribution in [1.82, 2.24) is 10.6 Å². The first-order valence-corrected chi connectivity index (χ1v) is 7.23. The van der Waals surface area contributed by atoms with Crippen molar-refractivity contribution in [3.05, 3.63) is 33.8 Å². The zero-order chi connectivity index (χ0) is 16.9. The molecular weight excluding hydrogens is 331 g/mol. The molecule has 22 heavy (non-hydrogen) atoms. The average molecular weight is 347 g/mol. The molecule has 0 bridgehead atoms. The van der Waals surface area contributed by atoms with Gasteiger partial charge >= 0.3 is 12.0 Å². The molecule has 0 saturated heterocycles. The standard InChI is InChI=1S/C14H16Cl2N2O4/c1-7(2)17-14(21)18-12(19)8(3)22-13(20)9-4-5-10(15)11(16)6-9/h4-8H,1-3H3,(H2,17,18,19,21)/t8-/m1/s1. The van der Waals surface area contributed by atoms with E-state index in [0.29, 0.717) is 5.02 Å². The van der Waals surface area contributed by atoms with Crippen molar-refractivity contribution in [3.63, 3.8) is 0 Å². The maximum absolute atomic E-state index is 11.9. The molecule has 0 saturated carbocycles. The summed E-state index contributed by atoms with van der Waals surface area (Å²) in [6, 6.07) is 3.43. The Kier molecular flexibility index (Phi) is 6.64. The van der Waals surface area contributed by atoms with Crippen LogP contribution in [0.4, 0.5) is 4.79 Å². The SMILES string of the molecule is CC(C)NC(=O)NC(=O)[C@@H](C)OC(=O)c1ccc(Cl)c(Cl)c1. The second kappa shape index (κ2) is 8.00. The number of hydrogen-bond donors (Lipinski definition) is 2. The molecule has 0 aliphatic rings. The number of rotatable bonds is 4. The van der Waals surface area contributed by atoms with Crippen LogP contribution in [0.1, 0.15) is 31.1 Å². The molecule has 0 spiro atoms. The quantitative estimate of drug-likeness (QED) is 0.821. The van der Waals surface area contributed by atoms with Crippen molar-refractivity contribution < 1.29 is 19.1 Å². The number of esters is 1. The first-order chi connectivity index (χ1) is 10.2. The molecule has 0 fully saturated rings. The van der Waals surface area contributed by atoms with Gasteiger partial charge in [0.1, 0.15) is 0 Å². The third-order valence-electron chi connectivity index (χ3n) is 2.46. The summed E-state index contributed by atoms with van der Waals surface area (Å²) in [6.45, 7) is 4.85. The Labute approximate surface area is 138 Å². The number of nitrogens with one attached hydrogen (secondary N) is 2. The van der Waals surface area contributed by atoms with E-state index < -0.39 is 24.0 Å². The number of benzene rings is 1. The molecule has 2 N–H and O–H groups in total. The van der Waals surface area contributed by atoms with Crippen LogP contribution in [0.15, 0.2) is 18.2 Å². The van der Waals surface area contributed by atoms with E-state index in [1.165, 1.54) is 25.1 Å². The summed E-state index contributed by atoms with van der Waals surface area (Å²) in [6.07, 6.45) is -1.14. The van der Waals surface area contributed by atoms with Crippen LogP contribution in [0, 0.1) is 0 Å². The van der Waals surface area contributed by atoms with Gasteiger partial charge in [-0.05, 0) is 39.0 Å². The Hall–Kier alpha value is -1.79. The molecule has 0 aliphatic heterocycles. The van der Waals surface area contributed by atoms with Gasteiger partial charge in [0, 0.05) is 6.04 Å². The zero-order valence-electron chi connectivity index (χ0n) is 12.3. The lowest BCUT2D eigenvalue weighted by Gasteiger charge is -2.14. The minimum Gasteiger partial charge on any atom is -0.449 e. The summed E-state index contributed by atoms with van der Waals surface area (Å²) < 4.78 is 4.97. The Bertz CT molecular complexity index is 590. The summed E-state index contributed by atoms with van der Waals surface area (Å²) in [5.41, 5.74) is 0.153. The Morgan fingerprint density at radius 1 is 1.09 bits per heavy atom. The summed E-state index contributed by atoms with van der Waals surface area (Å²) in [4.78, 5) is 35.0. The molecule has 3 amide bonds. The fraction of sp³-hybridized carbons (Fsp3) is 0.357. The molecule has 0 radical (unpaired) electrons. The van der Waals surface area contributed by atoms with Crippen molar-refractivity contribution in [1.29, 1.82) is 0 Å². The van der Waals surface area contributed by atoms with Crippen LogP contribution in [0.3, 0.4) is 0 Å². The molecule has 0 heterocycles. The minimum atomic E-state index is -1.14. The van der Waals surface area contributed by atoms with E-state index in [2.05, 4.69) is 10.6 Å². The second-order valence-corrected chi connectivity index (χ2v) is 5.61. The first-order valence-electron chi connectivity index (χ1n) is 6.48. The number of amides is 3. The van der Waals surface area contributed by atoms with E-state index in [0.717, 1.165) is 0 Å². The summed E-state index contributed by atoms with van der Waals surface area (Å²) in [5, 5.41) is 5.06. The predicted molar refractivity (Wildman–Crippen MR) is 83.1 cm³/mol. The maximum atomic E-state index is 11.9. The highest BCUT2D eigenvalue weighted by molar-refractivity contribution is 6.42. The molecule has 8 heteroatoms. The van der Waals surface area contributed by atoms with Crippen LogP contribution in [-0.4, -0.2) is 30.1 Å². The number of carbonyl (C=O) groups is 3. The Balaban J connectivity index is 2.61. The lowest BCUT2D eigenvalue weighted by atomic mass is 10.2. The number of ether oxygens (including phenoxy) is 1. The number of imide groups is 1. The fourth-order valence-electron chi connectivity index (χ4n) is 1.42. The highest BCUT2D eigenvalue weighted by atomic mass is 35.5. The fourth-order valence-corrected chi connectivity index (χ4v) is 1.72.